The lowest BCUT2D eigenvalue weighted by molar-refractivity contribution is 0.794. The molecule has 2 aliphatic carbocycles. The van der Waals surface area contributed by atoms with Crippen molar-refractivity contribution in [3.8, 4) is 89.8 Å². The minimum Gasteiger partial charge on any atom is -0.208 e. The van der Waals surface area contributed by atoms with Crippen molar-refractivity contribution in [1.29, 1.82) is 0 Å². The molecule has 1 heterocycles. The molecule has 0 bridgehead atoms. The largest absolute Gasteiger partial charge is 0.208 e. The van der Waals surface area contributed by atoms with Crippen molar-refractivity contribution in [1.82, 2.24) is 15.0 Å². The number of rotatable bonds is 6. The van der Waals surface area contributed by atoms with Gasteiger partial charge in [0.25, 0.3) is 0 Å². The van der Waals surface area contributed by atoms with Crippen LogP contribution in [0.2, 0.25) is 0 Å². The van der Waals surface area contributed by atoms with Crippen molar-refractivity contribution in [3.63, 3.8) is 0 Å². The Balaban J connectivity index is 0.979. The summed E-state index contributed by atoms with van der Waals surface area (Å²) in [7, 11) is 0. The minimum atomic E-state index is -0.443. The van der Waals surface area contributed by atoms with Gasteiger partial charge in [-0.1, -0.05) is 218 Å². The number of hydrogen-bond donors (Lipinski definition) is 0. The van der Waals surface area contributed by atoms with E-state index in [1.54, 1.807) is 0 Å². The van der Waals surface area contributed by atoms with Crippen LogP contribution < -0.4 is 0 Å². The third-order valence-corrected chi connectivity index (χ3v) is 13.6. The van der Waals surface area contributed by atoms with Gasteiger partial charge in [0, 0.05) is 16.7 Å². The van der Waals surface area contributed by atoms with Gasteiger partial charge in [0.1, 0.15) is 0 Å². The Morgan fingerprint density at radius 2 is 0.677 bits per heavy atom. The van der Waals surface area contributed by atoms with E-state index in [0.29, 0.717) is 17.5 Å². The number of aromatic nitrogens is 3. The van der Waals surface area contributed by atoms with E-state index < -0.39 is 5.41 Å². The van der Waals surface area contributed by atoms with Crippen molar-refractivity contribution < 1.29 is 0 Å². The SMILES string of the molecule is c1ccc(-c2nc(-c3ccccc3)nc(-c3cccc(-c4ccc(-c5cc6c(cc5-c5cccc7ccccc57)-c5ccccc5C65c6ccccc6-c6ccccc65)cc4)c3)n2)cc1. The maximum Gasteiger partial charge on any atom is 0.164 e. The van der Waals surface area contributed by atoms with E-state index >= 15 is 0 Å². The first-order valence-electron chi connectivity index (χ1n) is 22.3. The predicted molar refractivity (Wildman–Crippen MR) is 266 cm³/mol. The van der Waals surface area contributed by atoms with Crippen molar-refractivity contribution in [2.45, 2.75) is 5.41 Å². The number of hydrogen-bond acceptors (Lipinski definition) is 3. The summed E-state index contributed by atoms with van der Waals surface area (Å²) in [4.78, 5) is 15.0. The van der Waals surface area contributed by atoms with Gasteiger partial charge in [-0.15, -0.1) is 0 Å². The predicted octanol–water partition coefficient (Wildman–Crippen LogP) is 15.4. The van der Waals surface area contributed by atoms with E-state index in [2.05, 4.69) is 176 Å². The van der Waals surface area contributed by atoms with Gasteiger partial charge in [-0.2, -0.15) is 0 Å². The minimum absolute atomic E-state index is 0.443. The molecule has 1 spiro atoms. The van der Waals surface area contributed by atoms with Crippen LogP contribution in [0.5, 0.6) is 0 Å². The summed E-state index contributed by atoms with van der Waals surface area (Å²) in [5, 5.41) is 2.47. The Hall–Kier alpha value is -8.53. The van der Waals surface area contributed by atoms with Gasteiger partial charge in [0.2, 0.25) is 0 Å². The number of nitrogens with zero attached hydrogens (tertiary/aromatic N) is 3. The van der Waals surface area contributed by atoms with Gasteiger partial charge < -0.3 is 0 Å². The highest BCUT2D eigenvalue weighted by atomic mass is 15.0. The van der Waals surface area contributed by atoms with E-state index in [-0.39, 0.29) is 0 Å². The van der Waals surface area contributed by atoms with Crippen LogP contribution in [0.4, 0.5) is 0 Å². The van der Waals surface area contributed by atoms with E-state index in [9.17, 15) is 0 Å². The van der Waals surface area contributed by atoms with Crippen LogP contribution in [-0.2, 0) is 5.41 Å². The number of benzene rings is 10. The van der Waals surface area contributed by atoms with Gasteiger partial charge in [0.05, 0.1) is 5.41 Å². The molecule has 0 amide bonds. The fourth-order valence-corrected chi connectivity index (χ4v) is 10.7. The Kier molecular flexibility index (Phi) is 8.44. The third-order valence-electron chi connectivity index (χ3n) is 13.6. The molecule has 0 N–H and O–H groups in total. The Morgan fingerprint density at radius 3 is 1.31 bits per heavy atom. The molecule has 2 aliphatic rings. The zero-order valence-electron chi connectivity index (χ0n) is 35.4. The molecule has 0 aliphatic heterocycles. The van der Waals surface area contributed by atoms with Crippen molar-refractivity contribution in [3.05, 3.63) is 259 Å². The molecule has 11 aromatic rings. The van der Waals surface area contributed by atoms with Gasteiger partial charge in [-0.05, 0) is 107 Å². The standard InChI is InChI=1S/C62H39N3/c1-3-18-43(19-4-1)59-63-60(44-20-5-2-6-21-44)65-61(64-59)46-24-15-23-45(37-46)40-33-35-42(36-34-40)52-39-58-54(38-53(52)48-29-16-22-41-17-7-8-25-47(41)48)51-28-11-14-32-57(51)62(58)55-30-12-9-26-49(55)50-27-10-13-31-56(50)62/h1-39H. The van der Waals surface area contributed by atoms with Crippen LogP contribution in [-0.4, -0.2) is 15.0 Å². The monoisotopic (exact) mass is 825 g/mol. The first-order chi connectivity index (χ1) is 32.2. The smallest absolute Gasteiger partial charge is 0.164 e. The van der Waals surface area contributed by atoms with Crippen LogP contribution in [0, 0.1) is 0 Å². The normalized spacial score (nSPS) is 12.7. The summed E-state index contributed by atoms with van der Waals surface area (Å²) < 4.78 is 0. The van der Waals surface area contributed by atoms with E-state index in [4.69, 9.17) is 15.0 Å². The highest BCUT2D eigenvalue weighted by Crippen LogP contribution is 2.63. The molecule has 0 fully saturated rings. The fourth-order valence-electron chi connectivity index (χ4n) is 10.7. The van der Waals surface area contributed by atoms with Crippen molar-refractivity contribution in [2.75, 3.05) is 0 Å². The fraction of sp³-hybridized carbons (Fsp3) is 0.0161. The van der Waals surface area contributed by atoms with E-state index in [1.165, 1.54) is 77.5 Å². The second kappa shape index (κ2) is 14.8. The molecule has 0 unspecified atom stereocenters. The summed E-state index contributed by atoms with van der Waals surface area (Å²) in [5.74, 6) is 1.93. The van der Waals surface area contributed by atoms with Crippen LogP contribution in [0.1, 0.15) is 22.3 Å². The zero-order valence-corrected chi connectivity index (χ0v) is 35.4. The Bertz CT molecular complexity index is 3540. The molecule has 0 saturated heterocycles. The topological polar surface area (TPSA) is 38.7 Å². The summed E-state index contributed by atoms with van der Waals surface area (Å²) in [5.41, 5.74) is 20.0. The lowest BCUT2D eigenvalue weighted by atomic mass is 9.70. The average Bonchev–Trinajstić information content (AvgIpc) is 3.85. The first-order valence-corrected chi connectivity index (χ1v) is 22.3. The second-order valence-electron chi connectivity index (χ2n) is 17.1. The lowest BCUT2D eigenvalue weighted by Gasteiger charge is -2.31. The van der Waals surface area contributed by atoms with E-state index in [0.717, 1.165) is 27.8 Å². The van der Waals surface area contributed by atoms with Crippen LogP contribution >= 0.6 is 0 Å². The molecule has 3 heteroatoms. The summed E-state index contributed by atoms with van der Waals surface area (Å²) in [6.07, 6.45) is 0. The van der Waals surface area contributed by atoms with Gasteiger partial charge in [-0.3, -0.25) is 0 Å². The molecule has 13 rings (SSSR count). The van der Waals surface area contributed by atoms with E-state index in [1.807, 2.05) is 60.7 Å². The van der Waals surface area contributed by atoms with Crippen LogP contribution in [0.25, 0.3) is 101 Å². The number of fused-ring (bicyclic) bond motifs is 11. The summed E-state index contributed by atoms with van der Waals surface area (Å²) in [6, 6.07) is 85.6. The highest BCUT2D eigenvalue weighted by Gasteiger charge is 2.51. The third kappa shape index (κ3) is 5.79. The zero-order chi connectivity index (χ0) is 42.9. The lowest BCUT2D eigenvalue weighted by Crippen LogP contribution is -2.25. The van der Waals surface area contributed by atoms with Crippen LogP contribution in [0.15, 0.2) is 237 Å². The van der Waals surface area contributed by atoms with Crippen molar-refractivity contribution >= 4 is 10.8 Å². The van der Waals surface area contributed by atoms with Gasteiger partial charge >= 0.3 is 0 Å². The Morgan fingerprint density at radius 1 is 0.231 bits per heavy atom. The molecular weight excluding hydrogens is 787 g/mol. The molecule has 10 aromatic carbocycles. The highest BCUT2D eigenvalue weighted by molar-refractivity contribution is 6.04. The molecule has 302 valence electrons. The maximum atomic E-state index is 5.03. The quantitative estimate of drug-likeness (QED) is 0.168. The molecule has 0 radical (unpaired) electrons. The molecular formula is C62H39N3. The average molecular weight is 826 g/mol. The van der Waals surface area contributed by atoms with Crippen LogP contribution in [0.3, 0.4) is 0 Å². The van der Waals surface area contributed by atoms with Gasteiger partial charge in [0.15, 0.2) is 17.5 Å². The second-order valence-corrected chi connectivity index (χ2v) is 17.1. The Labute approximate surface area is 378 Å². The molecule has 1 aromatic heterocycles. The molecule has 0 saturated carbocycles. The van der Waals surface area contributed by atoms with Gasteiger partial charge in [-0.25, -0.2) is 15.0 Å². The summed E-state index contributed by atoms with van der Waals surface area (Å²) in [6.45, 7) is 0. The molecule has 3 nitrogen and oxygen atoms in total. The first kappa shape index (κ1) is 37.1. The summed E-state index contributed by atoms with van der Waals surface area (Å²) >= 11 is 0. The molecule has 0 atom stereocenters. The maximum absolute atomic E-state index is 5.03. The van der Waals surface area contributed by atoms with Crippen molar-refractivity contribution in [2.24, 2.45) is 0 Å². The molecule has 65 heavy (non-hydrogen) atoms.